The molecular formula is C47H76O2. The first kappa shape index (κ1) is 39.9. The summed E-state index contributed by atoms with van der Waals surface area (Å²) in [6.07, 6.45) is 45.7. The van der Waals surface area contributed by atoms with Gasteiger partial charge in [0.05, 0.1) is 0 Å². The number of fused-ring (bicyclic) bond motifs is 5. The number of allylic oxidation sites excluding steroid dienone is 9. The largest absolute Gasteiger partial charge is 0.462 e. The molecule has 49 heavy (non-hydrogen) atoms. The molecule has 0 saturated heterocycles. The van der Waals surface area contributed by atoms with Crippen molar-refractivity contribution >= 4 is 5.97 Å². The van der Waals surface area contributed by atoms with Gasteiger partial charge in [-0.05, 0) is 136 Å². The van der Waals surface area contributed by atoms with E-state index in [9.17, 15) is 4.79 Å². The maximum atomic E-state index is 12.8. The van der Waals surface area contributed by atoms with Gasteiger partial charge in [-0.1, -0.05) is 134 Å². The lowest BCUT2D eigenvalue weighted by Gasteiger charge is -2.58. The van der Waals surface area contributed by atoms with Gasteiger partial charge in [0, 0.05) is 12.8 Å². The molecule has 4 aliphatic carbocycles. The summed E-state index contributed by atoms with van der Waals surface area (Å²) in [5.74, 6) is 5.26. The van der Waals surface area contributed by atoms with Gasteiger partial charge in [-0.3, -0.25) is 4.79 Å². The van der Waals surface area contributed by atoms with E-state index >= 15 is 0 Å². The maximum Gasteiger partial charge on any atom is 0.306 e. The third kappa shape index (κ3) is 11.3. The van der Waals surface area contributed by atoms with E-state index in [0.29, 0.717) is 17.3 Å². The van der Waals surface area contributed by atoms with Crippen LogP contribution in [-0.2, 0) is 9.53 Å². The quantitative estimate of drug-likeness (QED) is 0.0731. The molecule has 0 aliphatic heterocycles. The zero-order chi connectivity index (χ0) is 35.1. The number of esters is 1. The molecule has 8 unspecified atom stereocenters. The van der Waals surface area contributed by atoms with Crippen LogP contribution in [0.2, 0.25) is 0 Å². The van der Waals surface area contributed by atoms with Gasteiger partial charge in [-0.2, -0.15) is 0 Å². The van der Waals surface area contributed by atoms with Gasteiger partial charge < -0.3 is 4.74 Å². The van der Waals surface area contributed by atoms with E-state index in [1.165, 1.54) is 70.6 Å². The van der Waals surface area contributed by atoms with Gasteiger partial charge in [0.1, 0.15) is 6.10 Å². The van der Waals surface area contributed by atoms with Crippen molar-refractivity contribution in [2.45, 2.75) is 182 Å². The van der Waals surface area contributed by atoms with Crippen LogP contribution in [0, 0.1) is 46.3 Å². The molecule has 8 atom stereocenters. The van der Waals surface area contributed by atoms with Gasteiger partial charge in [-0.25, -0.2) is 0 Å². The number of carbonyl (C=O) groups excluding carboxylic acids is 1. The number of ether oxygens (including phenoxy) is 1. The predicted molar refractivity (Wildman–Crippen MR) is 211 cm³/mol. The van der Waals surface area contributed by atoms with Crippen LogP contribution in [0.15, 0.2) is 60.3 Å². The highest BCUT2D eigenvalue weighted by molar-refractivity contribution is 5.69. The highest BCUT2D eigenvalue weighted by atomic mass is 16.5. The van der Waals surface area contributed by atoms with E-state index in [1.54, 1.807) is 5.57 Å². The van der Waals surface area contributed by atoms with Gasteiger partial charge in [0.15, 0.2) is 0 Å². The SMILES string of the molecule is CC/C=C\C/C=C\C/C=C\C/C=C\CCCCCCC(=O)OC1CCC2(C)C(=CCC3C2CCC2(C)C(C(C)CCCC(C)C)CCC32)C1. The molecule has 276 valence electrons. The summed E-state index contributed by atoms with van der Waals surface area (Å²) < 4.78 is 6.12. The second-order valence-electron chi connectivity index (χ2n) is 17.6. The van der Waals surface area contributed by atoms with Crippen LogP contribution in [-0.4, -0.2) is 12.1 Å². The van der Waals surface area contributed by atoms with E-state index in [1.807, 2.05) is 0 Å². The molecule has 0 radical (unpaired) electrons. The zero-order valence-corrected chi connectivity index (χ0v) is 32.9. The van der Waals surface area contributed by atoms with Crippen molar-refractivity contribution in [1.29, 1.82) is 0 Å². The molecule has 3 fully saturated rings. The summed E-state index contributed by atoms with van der Waals surface area (Å²) in [7, 11) is 0. The fourth-order valence-corrected chi connectivity index (χ4v) is 11.0. The lowest BCUT2D eigenvalue weighted by molar-refractivity contribution is -0.151. The van der Waals surface area contributed by atoms with E-state index in [2.05, 4.69) is 96.2 Å². The predicted octanol–water partition coefficient (Wildman–Crippen LogP) is 14.1. The number of rotatable bonds is 20. The number of hydrogen-bond donors (Lipinski definition) is 0. The zero-order valence-electron chi connectivity index (χ0n) is 32.9. The minimum atomic E-state index is 0.0368. The van der Waals surface area contributed by atoms with Gasteiger partial charge >= 0.3 is 5.97 Å². The third-order valence-electron chi connectivity index (χ3n) is 13.8. The Bertz CT molecular complexity index is 1140. The van der Waals surface area contributed by atoms with Gasteiger partial charge in [0.25, 0.3) is 0 Å². The Labute approximate surface area is 303 Å². The molecule has 0 aromatic heterocycles. The summed E-state index contributed by atoms with van der Waals surface area (Å²) in [6.45, 7) is 14.8. The topological polar surface area (TPSA) is 26.3 Å². The van der Waals surface area contributed by atoms with Crippen LogP contribution in [0.3, 0.4) is 0 Å². The number of hydrogen-bond acceptors (Lipinski definition) is 2. The molecule has 4 aliphatic rings. The van der Waals surface area contributed by atoms with E-state index in [0.717, 1.165) is 93.3 Å². The molecular weight excluding hydrogens is 597 g/mol. The standard InChI is InChI=1S/C47H76O2/c1-7-8-9-10-11-12-13-14-15-16-17-18-19-20-21-22-23-27-45(48)49-40-32-34-46(5)39(36-40)28-29-41-43-31-30-42(38(4)26-24-25-37(2)3)47(43,6)35-33-44(41)46/h8-9,11-12,14-15,17-18,28,37-38,40-44H,7,10,13,16,19-27,29-36H2,1-6H3/b9-8-,12-11-,15-14-,18-17-. The normalized spacial score (nSPS) is 32.2. The monoisotopic (exact) mass is 673 g/mol. The summed E-state index contributed by atoms with van der Waals surface area (Å²) >= 11 is 0. The van der Waals surface area contributed by atoms with Crippen molar-refractivity contribution in [2.24, 2.45) is 46.3 Å². The highest BCUT2D eigenvalue weighted by Crippen LogP contribution is 2.67. The lowest BCUT2D eigenvalue weighted by Crippen LogP contribution is -2.51. The van der Waals surface area contributed by atoms with Crippen LogP contribution in [0.4, 0.5) is 0 Å². The van der Waals surface area contributed by atoms with Gasteiger partial charge in [0.2, 0.25) is 0 Å². The Hall–Kier alpha value is -1.83. The van der Waals surface area contributed by atoms with Crippen molar-refractivity contribution in [3.8, 4) is 0 Å². The fraction of sp³-hybridized carbons (Fsp3) is 0.766. The van der Waals surface area contributed by atoms with Crippen LogP contribution >= 0.6 is 0 Å². The molecule has 0 aromatic carbocycles. The van der Waals surface area contributed by atoms with Crippen molar-refractivity contribution in [1.82, 2.24) is 0 Å². The third-order valence-corrected chi connectivity index (χ3v) is 13.8. The molecule has 0 aromatic rings. The Morgan fingerprint density at radius 2 is 1.49 bits per heavy atom. The second-order valence-corrected chi connectivity index (χ2v) is 17.6. The molecule has 3 saturated carbocycles. The Balaban J connectivity index is 1.11. The van der Waals surface area contributed by atoms with E-state index in [4.69, 9.17) is 4.74 Å². The van der Waals surface area contributed by atoms with Crippen molar-refractivity contribution in [3.63, 3.8) is 0 Å². The fourth-order valence-electron chi connectivity index (χ4n) is 11.0. The second kappa shape index (κ2) is 20.3. The maximum absolute atomic E-state index is 12.8. The number of carbonyl (C=O) groups is 1. The van der Waals surface area contributed by atoms with Gasteiger partial charge in [-0.15, -0.1) is 0 Å². The minimum absolute atomic E-state index is 0.0368. The molecule has 0 spiro atoms. The van der Waals surface area contributed by atoms with Crippen molar-refractivity contribution in [2.75, 3.05) is 0 Å². The minimum Gasteiger partial charge on any atom is -0.462 e. The summed E-state index contributed by atoms with van der Waals surface area (Å²) in [6, 6.07) is 0. The average Bonchev–Trinajstić information content (AvgIpc) is 3.43. The molecule has 2 heteroatoms. The highest BCUT2D eigenvalue weighted by Gasteiger charge is 2.59. The summed E-state index contributed by atoms with van der Waals surface area (Å²) in [5.41, 5.74) is 2.50. The van der Waals surface area contributed by atoms with Crippen LogP contribution in [0.1, 0.15) is 176 Å². The van der Waals surface area contributed by atoms with Crippen LogP contribution in [0.25, 0.3) is 0 Å². The molecule has 0 N–H and O–H groups in total. The van der Waals surface area contributed by atoms with Crippen molar-refractivity contribution in [3.05, 3.63) is 60.3 Å². The summed E-state index contributed by atoms with van der Waals surface area (Å²) in [5, 5.41) is 0. The first-order chi connectivity index (χ1) is 23.7. The first-order valence-electron chi connectivity index (χ1n) is 21.2. The lowest BCUT2D eigenvalue weighted by atomic mass is 9.47. The van der Waals surface area contributed by atoms with Crippen LogP contribution in [0.5, 0.6) is 0 Å². The number of unbranched alkanes of at least 4 members (excludes halogenated alkanes) is 4. The Kier molecular flexibility index (Phi) is 16.5. The average molecular weight is 673 g/mol. The molecule has 0 amide bonds. The Morgan fingerprint density at radius 3 is 2.20 bits per heavy atom. The summed E-state index contributed by atoms with van der Waals surface area (Å²) in [4.78, 5) is 12.8. The smallest absolute Gasteiger partial charge is 0.306 e. The molecule has 0 heterocycles. The van der Waals surface area contributed by atoms with Crippen molar-refractivity contribution < 1.29 is 9.53 Å². The Morgan fingerprint density at radius 1 is 0.796 bits per heavy atom. The first-order valence-corrected chi connectivity index (χ1v) is 21.2. The molecule has 0 bridgehead atoms. The molecule has 4 rings (SSSR count). The molecule has 2 nitrogen and oxygen atoms in total. The van der Waals surface area contributed by atoms with E-state index in [-0.39, 0.29) is 12.1 Å². The van der Waals surface area contributed by atoms with E-state index < -0.39 is 0 Å². The van der Waals surface area contributed by atoms with Crippen LogP contribution < -0.4 is 0 Å².